The zero-order valence-corrected chi connectivity index (χ0v) is 15.0. The minimum atomic E-state index is -0.524. The van der Waals surface area contributed by atoms with Gasteiger partial charge in [-0.3, -0.25) is 4.79 Å². The van der Waals surface area contributed by atoms with Gasteiger partial charge in [-0.2, -0.15) is 0 Å². The average Bonchev–Trinajstić information content (AvgIpc) is 3.06. The SMILES string of the molecule is CC(Oc1ccc(Br)cc1)C(=O)NCCCOCC1CCCO1. The molecular weight excluding hydrogens is 362 g/mol. The number of hydrogen-bond acceptors (Lipinski definition) is 4. The standard InChI is InChI=1S/C17H24BrNO4/c1-13(23-15-7-5-14(18)6-8-15)17(20)19-9-3-10-21-12-16-4-2-11-22-16/h5-8,13,16H,2-4,9-12H2,1H3,(H,19,20). The first-order valence-electron chi connectivity index (χ1n) is 8.04. The summed E-state index contributed by atoms with van der Waals surface area (Å²) in [6.45, 7) is 4.45. The highest BCUT2D eigenvalue weighted by molar-refractivity contribution is 9.10. The van der Waals surface area contributed by atoms with E-state index in [0.29, 0.717) is 25.5 Å². The Morgan fingerprint density at radius 2 is 2.22 bits per heavy atom. The molecule has 1 fully saturated rings. The molecule has 0 radical (unpaired) electrons. The van der Waals surface area contributed by atoms with Crippen LogP contribution in [-0.2, 0) is 14.3 Å². The molecule has 2 rings (SSSR count). The van der Waals surface area contributed by atoms with Crippen LogP contribution in [0.1, 0.15) is 26.2 Å². The van der Waals surface area contributed by atoms with E-state index in [4.69, 9.17) is 14.2 Å². The van der Waals surface area contributed by atoms with Gasteiger partial charge < -0.3 is 19.5 Å². The first kappa shape index (κ1) is 18.2. The van der Waals surface area contributed by atoms with E-state index >= 15 is 0 Å². The quantitative estimate of drug-likeness (QED) is 0.663. The summed E-state index contributed by atoms with van der Waals surface area (Å²) in [7, 11) is 0. The Hall–Kier alpha value is -1.11. The molecule has 5 nitrogen and oxygen atoms in total. The Morgan fingerprint density at radius 1 is 1.43 bits per heavy atom. The number of hydrogen-bond donors (Lipinski definition) is 1. The smallest absolute Gasteiger partial charge is 0.260 e. The first-order valence-corrected chi connectivity index (χ1v) is 8.84. The van der Waals surface area contributed by atoms with Crippen molar-refractivity contribution in [2.45, 2.75) is 38.4 Å². The van der Waals surface area contributed by atoms with Crippen LogP contribution in [0.4, 0.5) is 0 Å². The highest BCUT2D eigenvalue weighted by atomic mass is 79.9. The predicted octanol–water partition coefficient (Wildman–Crippen LogP) is 2.92. The number of carbonyl (C=O) groups excluding carboxylic acids is 1. The summed E-state index contributed by atoms with van der Waals surface area (Å²) in [4.78, 5) is 11.9. The van der Waals surface area contributed by atoms with Crippen molar-refractivity contribution in [2.75, 3.05) is 26.4 Å². The minimum Gasteiger partial charge on any atom is -0.481 e. The Balaban J connectivity index is 1.54. The summed E-state index contributed by atoms with van der Waals surface area (Å²) < 4.78 is 17.6. The maximum atomic E-state index is 11.9. The van der Waals surface area contributed by atoms with Crippen LogP contribution < -0.4 is 10.1 Å². The molecule has 128 valence electrons. The van der Waals surface area contributed by atoms with Crippen LogP contribution in [0.3, 0.4) is 0 Å². The molecule has 1 N–H and O–H groups in total. The van der Waals surface area contributed by atoms with Crippen molar-refractivity contribution in [3.63, 3.8) is 0 Å². The van der Waals surface area contributed by atoms with Gasteiger partial charge in [0.25, 0.3) is 5.91 Å². The molecule has 0 bridgehead atoms. The molecule has 1 heterocycles. The Morgan fingerprint density at radius 3 is 2.91 bits per heavy atom. The van der Waals surface area contributed by atoms with Crippen LogP contribution in [0.25, 0.3) is 0 Å². The molecule has 0 aromatic heterocycles. The molecule has 2 unspecified atom stereocenters. The molecule has 1 aliphatic rings. The molecule has 1 amide bonds. The monoisotopic (exact) mass is 385 g/mol. The van der Waals surface area contributed by atoms with E-state index in [0.717, 1.165) is 30.3 Å². The molecule has 1 saturated heterocycles. The van der Waals surface area contributed by atoms with Gasteiger partial charge in [0.05, 0.1) is 12.7 Å². The summed E-state index contributed by atoms with van der Waals surface area (Å²) >= 11 is 3.36. The molecule has 6 heteroatoms. The van der Waals surface area contributed by atoms with Crippen molar-refractivity contribution < 1.29 is 19.0 Å². The maximum Gasteiger partial charge on any atom is 0.260 e. The third kappa shape index (κ3) is 6.89. The number of nitrogens with one attached hydrogen (secondary N) is 1. The highest BCUT2D eigenvalue weighted by Crippen LogP contribution is 2.17. The molecule has 1 aromatic carbocycles. The Bertz CT molecular complexity index is 474. The van der Waals surface area contributed by atoms with Crippen molar-refractivity contribution >= 4 is 21.8 Å². The van der Waals surface area contributed by atoms with E-state index in [1.54, 1.807) is 6.92 Å². The number of halogens is 1. The average molecular weight is 386 g/mol. The summed E-state index contributed by atoms with van der Waals surface area (Å²) in [5, 5.41) is 2.86. The Labute approximate surface area is 145 Å². The van der Waals surface area contributed by atoms with Crippen LogP contribution in [0.2, 0.25) is 0 Å². The molecular formula is C17H24BrNO4. The molecule has 0 saturated carbocycles. The molecule has 1 aromatic rings. The molecule has 2 atom stereocenters. The summed E-state index contributed by atoms with van der Waals surface area (Å²) in [5.74, 6) is 0.558. The third-order valence-electron chi connectivity index (χ3n) is 3.59. The van der Waals surface area contributed by atoms with Crippen LogP contribution in [0, 0.1) is 0 Å². The molecule has 0 spiro atoms. The first-order chi connectivity index (χ1) is 11.1. The van der Waals surface area contributed by atoms with Gasteiger partial charge in [0.15, 0.2) is 6.10 Å². The van der Waals surface area contributed by atoms with Gasteiger partial charge in [-0.25, -0.2) is 0 Å². The van der Waals surface area contributed by atoms with Crippen molar-refractivity contribution in [3.8, 4) is 5.75 Å². The second-order valence-corrected chi connectivity index (χ2v) is 6.48. The van der Waals surface area contributed by atoms with Crippen molar-refractivity contribution in [1.29, 1.82) is 0 Å². The predicted molar refractivity (Wildman–Crippen MR) is 91.7 cm³/mol. The number of benzene rings is 1. The van der Waals surface area contributed by atoms with E-state index in [1.165, 1.54) is 0 Å². The van der Waals surface area contributed by atoms with Gasteiger partial charge in [0.1, 0.15) is 5.75 Å². The van der Waals surface area contributed by atoms with Gasteiger partial charge >= 0.3 is 0 Å². The van der Waals surface area contributed by atoms with Crippen molar-refractivity contribution in [3.05, 3.63) is 28.7 Å². The van der Waals surface area contributed by atoms with E-state index in [1.807, 2.05) is 24.3 Å². The van der Waals surface area contributed by atoms with E-state index in [2.05, 4.69) is 21.2 Å². The lowest BCUT2D eigenvalue weighted by atomic mass is 10.2. The van der Waals surface area contributed by atoms with Gasteiger partial charge in [-0.15, -0.1) is 0 Å². The maximum absolute atomic E-state index is 11.9. The second-order valence-electron chi connectivity index (χ2n) is 5.57. The second kappa shape index (κ2) is 9.90. The fraction of sp³-hybridized carbons (Fsp3) is 0.588. The Kier molecular flexibility index (Phi) is 7.85. The topological polar surface area (TPSA) is 56.8 Å². The van der Waals surface area contributed by atoms with Crippen molar-refractivity contribution in [1.82, 2.24) is 5.32 Å². The fourth-order valence-corrected chi connectivity index (χ4v) is 2.56. The molecule has 0 aliphatic carbocycles. The van der Waals surface area contributed by atoms with Gasteiger partial charge in [-0.1, -0.05) is 15.9 Å². The van der Waals surface area contributed by atoms with E-state index < -0.39 is 6.10 Å². The van der Waals surface area contributed by atoms with Crippen LogP contribution in [-0.4, -0.2) is 44.5 Å². The number of carbonyl (C=O) groups is 1. The lowest BCUT2D eigenvalue weighted by Crippen LogP contribution is -2.37. The summed E-state index contributed by atoms with van der Waals surface area (Å²) in [6, 6.07) is 7.41. The highest BCUT2D eigenvalue weighted by Gasteiger charge is 2.15. The van der Waals surface area contributed by atoms with Crippen LogP contribution in [0.5, 0.6) is 5.75 Å². The number of amides is 1. The number of ether oxygens (including phenoxy) is 3. The summed E-state index contributed by atoms with van der Waals surface area (Å²) in [5.41, 5.74) is 0. The minimum absolute atomic E-state index is 0.118. The lowest BCUT2D eigenvalue weighted by Gasteiger charge is -2.15. The largest absolute Gasteiger partial charge is 0.481 e. The zero-order valence-electron chi connectivity index (χ0n) is 13.4. The van der Waals surface area contributed by atoms with Crippen LogP contribution >= 0.6 is 15.9 Å². The normalized spacial score (nSPS) is 18.6. The van der Waals surface area contributed by atoms with Crippen molar-refractivity contribution in [2.24, 2.45) is 0 Å². The lowest BCUT2D eigenvalue weighted by molar-refractivity contribution is -0.127. The zero-order chi connectivity index (χ0) is 16.5. The summed E-state index contributed by atoms with van der Waals surface area (Å²) in [6.07, 6.45) is 2.72. The third-order valence-corrected chi connectivity index (χ3v) is 4.12. The van der Waals surface area contributed by atoms with Crippen LogP contribution in [0.15, 0.2) is 28.7 Å². The van der Waals surface area contributed by atoms with Gasteiger partial charge in [-0.05, 0) is 50.5 Å². The molecule has 1 aliphatic heterocycles. The fourth-order valence-electron chi connectivity index (χ4n) is 2.29. The van der Waals surface area contributed by atoms with Gasteiger partial charge in [0, 0.05) is 24.2 Å². The van der Waals surface area contributed by atoms with Gasteiger partial charge in [0.2, 0.25) is 0 Å². The number of rotatable bonds is 9. The van der Waals surface area contributed by atoms with E-state index in [-0.39, 0.29) is 12.0 Å². The molecule has 23 heavy (non-hydrogen) atoms. The van der Waals surface area contributed by atoms with E-state index in [9.17, 15) is 4.79 Å².